The van der Waals surface area contributed by atoms with Gasteiger partial charge in [0.25, 0.3) is 5.69 Å². The SMILES string of the molecule is O=C(CON=C(C(=O)OC(c1ccccc1)c1ccccc1)c1csc(NC(c2ccccc2)(c2ccccc2)c2ccccc2)n1)OCc1ccc([N+](=O)[O-])cc1. The highest BCUT2D eigenvalue weighted by molar-refractivity contribution is 7.14. The first-order valence-corrected chi connectivity index (χ1v) is 19.1. The van der Waals surface area contributed by atoms with Gasteiger partial charge in [0.1, 0.15) is 17.8 Å². The number of nitro benzene ring substituents is 1. The minimum absolute atomic E-state index is 0.0831. The molecule has 0 atom stereocenters. The third-order valence-corrected chi connectivity index (χ3v) is 9.93. The van der Waals surface area contributed by atoms with Crippen molar-refractivity contribution < 1.29 is 28.8 Å². The van der Waals surface area contributed by atoms with Gasteiger partial charge in [-0.1, -0.05) is 157 Å². The number of benzene rings is 6. The molecule has 0 spiro atoms. The summed E-state index contributed by atoms with van der Waals surface area (Å²) in [5.41, 5.74) is 3.79. The summed E-state index contributed by atoms with van der Waals surface area (Å²) in [6.07, 6.45) is -0.801. The Morgan fingerprint density at radius 2 is 1.19 bits per heavy atom. The summed E-state index contributed by atoms with van der Waals surface area (Å²) in [5.74, 6) is -1.62. The van der Waals surface area contributed by atoms with E-state index in [2.05, 4.69) is 10.5 Å². The molecule has 7 rings (SSSR count). The van der Waals surface area contributed by atoms with E-state index in [1.54, 1.807) is 5.38 Å². The minimum atomic E-state index is -0.896. The number of thiazole rings is 1. The first-order valence-electron chi connectivity index (χ1n) is 18.2. The molecule has 11 nitrogen and oxygen atoms in total. The number of aromatic nitrogens is 1. The molecule has 1 aromatic heterocycles. The number of anilines is 1. The van der Waals surface area contributed by atoms with Gasteiger partial charge in [-0.3, -0.25) is 10.1 Å². The lowest BCUT2D eigenvalue weighted by atomic mass is 9.77. The molecule has 1 heterocycles. The fourth-order valence-electron chi connectivity index (χ4n) is 6.39. The highest BCUT2D eigenvalue weighted by Gasteiger charge is 2.37. The summed E-state index contributed by atoms with van der Waals surface area (Å²) in [7, 11) is 0. The number of non-ortho nitro benzene ring substituents is 1. The molecule has 0 unspecified atom stereocenters. The van der Waals surface area contributed by atoms with Crippen LogP contribution >= 0.6 is 11.3 Å². The number of rotatable bonds is 16. The van der Waals surface area contributed by atoms with Crippen molar-refractivity contribution in [3.63, 3.8) is 0 Å². The highest BCUT2D eigenvalue weighted by Crippen LogP contribution is 2.40. The number of carbonyl (C=O) groups excluding carboxylic acids is 2. The standard InChI is InChI=1S/C46H36N4O7S/c51-41(55-30-33-26-28-39(29-27-33)50(53)54)31-56-49-42(44(52)57-43(34-16-6-1-7-17-34)35-18-8-2-9-19-35)40-32-58-45(47-40)48-46(36-20-10-3-11-21-36,37-22-12-4-13-23-37)38-24-14-5-15-25-38/h1-29,32,43H,30-31H2,(H,47,48). The van der Waals surface area contributed by atoms with Crippen LogP contribution in [-0.2, 0) is 36.0 Å². The van der Waals surface area contributed by atoms with Crippen LogP contribution in [0.15, 0.2) is 186 Å². The maximum atomic E-state index is 14.3. The average Bonchev–Trinajstić information content (AvgIpc) is 3.74. The first kappa shape index (κ1) is 38.8. The van der Waals surface area contributed by atoms with Crippen LogP contribution in [0.4, 0.5) is 10.8 Å². The Labute approximate surface area is 338 Å². The summed E-state index contributed by atoms with van der Waals surface area (Å²) >= 11 is 1.27. The third-order valence-electron chi connectivity index (χ3n) is 9.17. The van der Waals surface area contributed by atoms with Crippen LogP contribution in [0, 0.1) is 10.1 Å². The Hall–Kier alpha value is -7.44. The number of oxime groups is 1. The Balaban J connectivity index is 1.21. The summed E-state index contributed by atoms with van der Waals surface area (Å²) in [6.45, 7) is -0.791. The van der Waals surface area contributed by atoms with Gasteiger partial charge in [0.15, 0.2) is 11.2 Å². The number of nitrogens with zero attached hydrogens (tertiary/aromatic N) is 3. The zero-order valence-electron chi connectivity index (χ0n) is 30.9. The molecule has 7 aromatic rings. The summed E-state index contributed by atoms with van der Waals surface area (Å²) < 4.78 is 11.5. The highest BCUT2D eigenvalue weighted by atomic mass is 32.1. The van der Waals surface area contributed by atoms with Gasteiger partial charge < -0.3 is 19.6 Å². The van der Waals surface area contributed by atoms with E-state index in [0.717, 1.165) is 27.8 Å². The maximum absolute atomic E-state index is 14.3. The van der Waals surface area contributed by atoms with E-state index in [9.17, 15) is 19.7 Å². The van der Waals surface area contributed by atoms with E-state index < -0.39 is 35.1 Å². The minimum Gasteiger partial charge on any atom is -0.458 e. The fourth-order valence-corrected chi connectivity index (χ4v) is 7.14. The molecular formula is C46H36N4O7S. The maximum Gasteiger partial charge on any atom is 0.363 e. The number of hydrogen-bond acceptors (Lipinski definition) is 11. The third kappa shape index (κ3) is 9.15. The van der Waals surface area contributed by atoms with E-state index in [1.165, 1.54) is 35.6 Å². The van der Waals surface area contributed by atoms with Crippen LogP contribution in [0.3, 0.4) is 0 Å². The lowest BCUT2D eigenvalue weighted by molar-refractivity contribution is -0.384. The molecule has 0 saturated carbocycles. The zero-order chi connectivity index (χ0) is 40.2. The lowest BCUT2D eigenvalue weighted by Crippen LogP contribution is -2.38. The van der Waals surface area contributed by atoms with Crippen LogP contribution in [-0.4, -0.2) is 34.2 Å². The van der Waals surface area contributed by atoms with E-state index in [-0.39, 0.29) is 23.7 Å². The van der Waals surface area contributed by atoms with Crippen molar-refractivity contribution in [1.82, 2.24) is 4.98 Å². The Morgan fingerprint density at radius 3 is 1.67 bits per heavy atom. The largest absolute Gasteiger partial charge is 0.458 e. The Morgan fingerprint density at radius 1 is 0.707 bits per heavy atom. The predicted octanol–water partition coefficient (Wildman–Crippen LogP) is 9.25. The molecule has 0 bridgehead atoms. The van der Waals surface area contributed by atoms with Gasteiger partial charge in [-0.05, 0) is 45.5 Å². The number of esters is 2. The molecule has 12 heteroatoms. The Bertz CT molecular complexity index is 2330. The molecule has 0 aliphatic heterocycles. The molecule has 0 saturated heterocycles. The number of nitrogens with one attached hydrogen (secondary N) is 1. The molecular weight excluding hydrogens is 753 g/mol. The molecule has 0 radical (unpaired) electrons. The van der Waals surface area contributed by atoms with E-state index >= 15 is 0 Å². The molecule has 0 fully saturated rings. The van der Waals surface area contributed by atoms with Gasteiger partial charge in [-0.2, -0.15) is 0 Å². The van der Waals surface area contributed by atoms with Crippen molar-refractivity contribution in [2.75, 3.05) is 11.9 Å². The number of hydrogen-bond donors (Lipinski definition) is 1. The average molecular weight is 789 g/mol. The quantitative estimate of drug-likeness (QED) is 0.0333. The monoisotopic (exact) mass is 788 g/mol. The van der Waals surface area contributed by atoms with Crippen molar-refractivity contribution >= 4 is 39.8 Å². The molecule has 0 aliphatic rings. The van der Waals surface area contributed by atoms with Gasteiger partial charge in [0, 0.05) is 17.5 Å². The molecule has 1 N–H and O–H groups in total. The van der Waals surface area contributed by atoms with Crippen LogP contribution < -0.4 is 5.32 Å². The van der Waals surface area contributed by atoms with Crippen molar-refractivity contribution in [3.8, 4) is 0 Å². The molecule has 58 heavy (non-hydrogen) atoms. The van der Waals surface area contributed by atoms with Gasteiger partial charge >= 0.3 is 11.9 Å². The van der Waals surface area contributed by atoms with Crippen molar-refractivity contribution in [1.29, 1.82) is 0 Å². The van der Waals surface area contributed by atoms with Gasteiger partial charge in [-0.25, -0.2) is 14.6 Å². The smallest absolute Gasteiger partial charge is 0.363 e. The number of nitro groups is 1. The second kappa shape index (κ2) is 18.5. The molecule has 6 aromatic carbocycles. The molecule has 0 amide bonds. The fraction of sp³-hybridized carbons (Fsp3) is 0.0870. The van der Waals surface area contributed by atoms with Crippen LogP contribution in [0.1, 0.15) is 45.2 Å². The van der Waals surface area contributed by atoms with Crippen LogP contribution in [0.25, 0.3) is 0 Å². The Kier molecular flexibility index (Phi) is 12.4. The second-order valence-electron chi connectivity index (χ2n) is 12.9. The van der Waals surface area contributed by atoms with Crippen molar-refractivity contribution in [2.24, 2.45) is 5.16 Å². The van der Waals surface area contributed by atoms with E-state index in [0.29, 0.717) is 10.7 Å². The summed E-state index contributed by atoms with van der Waals surface area (Å²) in [4.78, 5) is 47.8. The lowest BCUT2D eigenvalue weighted by Gasteiger charge is -2.36. The molecule has 288 valence electrons. The zero-order valence-corrected chi connectivity index (χ0v) is 31.7. The first-order chi connectivity index (χ1) is 28.4. The van der Waals surface area contributed by atoms with Gasteiger partial charge in [0.05, 0.1) is 4.92 Å². The van der Waals surface area contributed by atoms with Gasteiger partial charge in [0.2, 0.25) is 12.3 Å². The van der Waals surface area contributed by atoms with Crippen molar-refractivity contribution in [3.05, 3.63) is 230 Å². The number of carbonyl (C=O) groups is 2. The summed E-state index contributed by atoms with van der Waals surface area (Å²) in [5, 5.41) is 21.0. The molecule has 0 aliphatic carbocycles. The predicted molar refractivity (Wildman–Crippen MR) is 221 cm³/mol. The second-order valence-corrected chi connectivity index (χ2v) is 13.8. The number of ether oxygens (including phenoxy) is 2. The topological polar surface area (TPSA) is 142 Å². The van der Waals surface area contributed by atoms with Crippen LogP contribution in [0.5, 0.6) is 0 Å². The van der Waals surface area contributed by atoms with Crippen molar-refractivity contribution in [2.45, 2.75) is 18.2 Å². The van der Waals surface area contributed by atoms with E-state index in [1.807, 2.05) is 152 Å². The normalized spacial score (nSPS) is 11.4. The van der Waals surface area contributed by atoms with E-state index in [4.69, 9.17) is 19.3 Å². The summed E-state index contributed by atoms with van der Waals surface area (Å²) in [6, 6.07) is 54.3. The van der Waals surface area contributed by atoms with Gasteiger partial charge in [-0.15, -0.1) is 11.3 Å². The van der Waals surface area contributed by atoms with Crippen LogP contribution in [0.2, 0.25) is 0 Å².